The smallest absolute Gasteiger partial charge is 0.151 e. The van der Waals surface area contributed by atoms with Crippen molar-refractivity contribution in [2.45, 2.75) is 18.9 Å². The van der Waals surface area contributed by atoms with Crippen molar-refractivity contribution in [1.82, 2.24) is 4.90 Å². The van der Waals surface area contributed by atoms with Crippen molar-refractivity contribution in [3.8, 4) is 6.07 Å². The fourth-order valence-corrected chi connectivity index (χ4v) is 3.77. The molecule has 0 saturated carbocycles. The van der Waals surface area contributed by atoms with Crippen LogP contribution in [0.2, 0.25) is 0 Å². The molecule has 5 heteroatoms. The lowest BCUT2D eigenvalue weighted by Gasteiger charge is -2.28. The fourth-order valence-electron chi connectivity index (χ4n) is 2.49. The Hall–Kier alpha value is -1.38. The highest BCUT2D eigenvalue weighted by atomic mass is 32.2. The molecule has 0 aromatic heterocycles. The molecular formula is C14H18N2O2S. The number of benzene rings is 1. The van der Waals surface area contributed by atoms with Crippen molar-refractivity contribution in [1.29, 1.82) is 5.26 Å². The minimum absolute atomic E-state index is 0.000463. The summed E-state index contributed by atoms with van der Waals surface area (Å²) in [5.74, 6) is 0.458. The Morgan fingerprint density at radius 3 is 2.63 bits per heavy atom. The standard InChI is InChI=1S/C14H18N2O2S/c15-8-7-14(13-5-2-1-3-6-13)16-9-4-11-19(17,18)12-10-16/h1-3,5-6,14H,4,7,9-12H2. The van der Waals surface area contributed by atoms with E-state index in [9.17, 15) is 8.42 Å². The minimum atomic E-state index is -2.91. The summed E-state index contributed by atoms with van der Waals surface area (Å²) in [5.41, 5.74) is 1.09. The molecule has 1 fully saturated rings. The fraction of sp³-hybridized carbons (Fsp3) is 0.500. The van der Waals surface area contributed by atoms with Gasteiger partial charge in [0.25, 0.3) is 0 Å². The Bertz CT molecular complexity index is 549. The van der Waals surface area contributed by atoms with Gasteiger partial charge in [-0.3, -0.25) is 4.90 Å². The molecule has 4 nitrogen and oxygen atoms in total. The predicted octanol–water partition coefficient (Wildman–Crippen LogP) is 1.76. The Balaban J connectivity index is 2.18. The van der Waals surface area contributed by atoms with Gasteiger partial charge in [-0.05, 0) is 18.5 Å². The SMILES string of the molecule is N#CCC(c1ccccc1)N1CCCS(=O)(=O)CC1. The first-order valence-electron chi connectivity index (χ1n) is 6.49. The van der Waals surface area contributed by atoms with Gasteiger partial charge < -0.3 is 0 Å². The topological polar surface area (TPSA) is 61.2 Å². The average Bonchev–Trinajstić information content (AvgIpc) is 2.58. The van der Waals surface area contributed by atoms with Gasteiger partial charge in [-0.2, -0.15) is 5.26 Å². The van der Waals surface area contributed by atoms with Crippen molar-refractivity contribution in [2.75, 3.05) is 24.6 Å². The molecule has 102 valence electrons. The summed E-state index contributed by atoms with van der Waals surface area (Å²) < 4.78 is 23.3. The molecule has 0 N–H and O–H groups in total. The molecule has 1 atom stereocenters. The van der Waals surface area contributed by atoms with E-state index < -0.39 is 9.84 Å². The van der Waals surface area contributed by atoms with Crippen molar-refractivity contribution < 1.29 is 8.42 Å². The number of hydrogen-bond acceptors (Lipinski definition) is 4. The second-order valence-electron chi connectivity index (χ2n) is 4.83. The Morgan fingerprint density at radius 1 is 1.21 bits per heavy atom. The normalized spacial score (nSPS) is 21.2. The lowest BCUT2D eigenvalue weighted by atomic mass is 10.0. The highest BCUT2D eigenvalue weighted by molar-refractivity contribution is 7.91. The van der Waals surface area contributed by atoms with Gasteiger partial charge in [0.2, 0.25) is 0 Å². The van der Waals surface area contributed by atoms with E-state index in [2.05, 4.69) is 11.0 Å². The molecule has 1 aromatic carbocycles. The summed E-state index contributed by atoms with van der Waals surface area (Å²) in [6.07, 6.45) is 1.04. The van der Waals surface area contributed by atoms with Crippen LogP contribution in [0.3, 0.4) is 0 Å². The maximum atomic E-state index is 11.6. The van der Waals surface area contributed by atoms with Crippen molar-refractivity contribution in [2.24, 2.45) is 0 Å². The summed E-state index contributed by atoms with van der Waals surface area (Å²) in [5, 5.41) is 9.01. The Labute approximate surface area is 114 Å². The van der Waals surface area contributed by atoms with E-state index in [0.717, 1.165) is 12.1 Å². The van der Waals surface area contributed by atoms with Crippen LogP contribution in [0.4, 0.5) is 0 Å². The quantitative estimate of drug-likeness (QED) is 0.845. The van der Waals surface area contributed by atoms with Crippen LogP contribution in [-0.4, -0.2) is 37.9 Å². The maximum Gasteiger partial charge on any atom is 0.151 e. The van der Waals surface area contributed by atoms with Gasteiger partial charge in [0, 0.05) is 12.6 Å². The molecule has 0 radical (unpaired) electrons. The first-order valence-corrected chi connectivity index (χ1v) is 8.31. The molecule has 1 unspecified atom stereocenters. The number of nitrogens with zero attached hydrogens (tertiary/aromatic N) is 2. The van der Waals surface area contributed by atoms with E-state index in [1.54, 1.807) is 0 Å². The largest absolute Gasteiger partial charge is 0.294 e. The van der Waals surface area contributed by atoms with E-state index in [1.165, 1.54) is 0 Å². The van der Waals surface area contributed by atoms with Gasteiger partial charge in [-0.15, -0.1) is 0 Å². The van der Waals surface area contributed by atoms with Crippen LogP contribution in [0.15, 0.2) is 30.3 Å². The van der Waals surface area contributed by atoms with E-state index in [4.69, 9.17) is 5.26 Å². The first kappa shape index (κ1) is 14.0. The zero-order chi connectivity index (χ0) is 13.7. The molecule has 1 saturated heterocycles. The third-order valence-corrected chi connectivity index (χ3v) is 5.22. The van der Waals surface area contributed by atoms with Crippen molar-refractivity contribution >= 4 is 9.84 Å². The molecular weight excluding hydrogens is 260 g/mol. The summed E-state index contributed by atoms with van der Waals surface area (Å²) in [7, 11) is -2.91. The van der Waals surface area contributed by atoms with Crippen LogP contribution in [0.1, 0.15) is 24.4 Å². The summed E-state index contributed by atoms with van der Waals surface area (Å²) >= 11 is 0. The van der Waals surface area contributed by atoms with Crippen LogP contribution >= 0.6 is 0 Å². The summed E-state index contributed by atoms with van der Waals surface area (Å²) in [6.45, 7) is 1.25. The van der Waals surface area contributed by atoms with E-state index in [0.29, 0.717) is 19.4 Å². The van der Waals surface area contributed by atoms with Crippen LogP contribution in [0.25, 0.3) is 0 Å². The van der Waals surface area contributed by atoms with Gasteiger partial charge in [0.1, 0.15) is 0 Å². The average molecular weight is 278 g/mol. The second-order valence-corrected chi connectivity index (χ2v) is 7.13. The van der Waals surface area contributed by atoms with Crippen LogP contribution < -0.4 is 0 Å². The molecule has 0 spiro atoms. The van der Waals surface area contributed by atoms with Gasteiger partial charge in [0.05, 0.1) is 24.0 Å². The lowest BCUT2D eigenvalue weighted by molar-refractivity contribution is 0.215. The molecule has 1 aromatic rings. The van der Waals surface area contributed by atoms with Crippen LogP contribution in [-0.2, 0) is 9.84 Å². The van der Waals surface area contributed by atoms with Gasteiger partial charge in [-0.1, -0.05) is 30.3 Å². The minimum Gasteiger partial charge on any atom is -0.294 e. The third-order valence-electron chi connectivity index (χ3n) is 3.50. The number of hydrogen-bond donors (Lipinski definition) is 0. The second kappa shape index (κ2) is 6.18. The molecule has 19 heavy (non-hydrogen) atoms. The highest BCUT2D eigenvalue weighted by Gasteiger charge is 2.25. The van der Waals surface area contributed by atoms with Crippen LogP contribution in [0, 0.1) is 11.3 Å². The maximum absolute atomic E-state index is 11.6. The number of sulfone groups is 1. The highest BCUT2D eigenvalue weighted by Crippen LogP contribution is 2.25. The van der Waals surface area contributed by atoms with Gasteiger partial charge >= 0.3 is 0 Å². The zero-order valence-electron chi connectivity index (χ0n) is 10.8. The Morgan fingerprint density at radius 2 is 1.95 bits per heavy atom. The molecule has 1 heterocycles. The van der Waals surface area contributed by atoms with Gasteiger partial charge in [-0.25, -0.2) is 8.42 Å². The van der Waals surface area contributed by atoms with Gasteiger partial charge in [0.15, 0.2) is 9.84 Å². The monoisotopic (exact) mass is 278 g/mol. The van der Waals surface area contributed by atoms with Crippen molar-refractivity contribution in [3.63, 3.8) is 0 Å². The Kier molecular flexibility index (Phi) is 4.56. The van der Waals surface area contributed by atoms with E-state index in [1.807, 2.05) is 30.3 Å². The molecule has 2 rings (SSSR count). The molecule has 1 aliphatic heterocycles. The predicted molar refractivity (Wildman–Crippen MR) is 74.3 cm³/mol. The van der Waals surface area contributed by atoms with E-state index >= 15 is 0 Å². The van der Waals surface area contributed by atoms with Crippen molar-refractivity contribution in [3.05, 3.63) is 35.9 Å². The molecule has 0 aliphatic carbocycles. The molecule has 0 bridgehead atoms. The lowest BCUT2D eigenvalue weighted by Crippen LogP contribution is -2.31. The molecule has 1 aliphatic rings. The first-order chi connectivity index (χ1) is 9.12. The number of nitriles is 1. The number of rotatable bonds is 3. The van der Waals surface area contributed by atoms with E-state index in [-0.39, 0.29) is 17.5 Å². The zero-order valence-corrected chi connectivity index (χ0v) is 11.6. The third kappa shape index (κ3) is 3.79. The summed E-state index contributed by atoms with van der Waals surface area (Å²) in [6, 6.07) is 12.1. The summed E-state index contributed by atoms with van der Waals surface area (Å²) in [4.78, 5) is 2.13. The molecule has 0 amide bonds. The van der Waals surface area contributed by atoms with Crippen LogP contribution in [0.5, 0.6) is 0 Å².